The Balaban J connectivity index is 1.89. The molecule has 2 unspecified atom stereocenters. The van der Waals surface area contributed by atoms with Crippen molar-refractivity contribution < 1.29 is 14.3 Å². The second kappa shape index (κ2) is 8.60. The minimum absolute atomic E-state index is 0.0164. The van der Waals surface area contributed by atoms with E-state index < -0.39 is 6.04 Å². The molecule has 1 aliphatic rings. The van der Waals surface area contributed by atoms with Gasteiger partial charge in [0.15, 0.2) is 11.6 Å². The first-order valence-corrected chi connectivity index (χ1v) is 10.3. The SMILES string of the molecule is COc1ccc(C(=O)C2C(c3ccccc3)C(C(C)=O)=C(C)N2c2ccccc2)cc1. The maximum atomic E-state index is 13.9. The molecule has 0 bridgehead atoms. The van der Waals surface area contributed by atoms with E-state index in [9.17, 15) is 9.59 Å². The first kappa shape index (κ1) is 20.6. The Morgan fingerprint density at radius 2 is 1.42 bits per heavy atom. The molecule has 0 N–H and O–H groups in total. The molecule has 31 heavy (non-hydrogen) atoms. The summed E-state index contributed by atoms with van der Waals surface area (Å²) in [7, 11) is 1.60. The van der Waals surface area contributed by atoms with E-state index in [-0.39, 0.29) is 17.5 Å². The lowest BCUT2D eigenvalue weighted by Crippen LogP contribution is -2.40. The Kier molecular flexibility index (Phi) is 5.72. The first-order valence-electron chi connectivity index (χ1n) is 10.3. The van der Waals surface area contributed by atoms with Gasteiger partial charge < -0.3 is 9.64 Å². The molecule has 2 atom stereocenters. The van der Waals surface area contributed by atoms with E-state index >= 15 is 0 Å². The van der Waals surface area contributed by atoms with Crippen molar-refractivity contribution in [1.29, 1.82) is 0 Å². The molecular formula is C27H25NO3. The van der Waals surface area contributed by atoms with Gasteiger partial charge in [-0.3, -0.25) is 9.59 Å². The molecule has 0 radical (unpaired) electrons. The number of methoxy groups -OCH3 is 1. The number of Topliss-reactive ketones (excluding diaryl/α,β-unsaturated/α-hetero) is 2. The van der Waals surface area contributed by atoms with Crippen molar-refractivity contribution in [3.05, 3.63) is 107 Å². The average Bonchev–Trinajstić information content (AvgIpc) is 3.13. The van der Waals surface area contributed by atoms with Gasteiger partial charge in [-0.1, -0.05) is 48.5 Å². The topological polar surface area (TPSA) is 46.6 Å². The lowest BCUT2D eigenvalue weighted by Gasteiger charge is -2.31. The van der Waals surface area contributed by atoms with Crippen molar-refractivity contribution in [1.82, 2.24) is 0 Å². The molecule has 3 aromatic carbocycles. The van der Waals surface area contributed by atoms with Gasteiger partial charge in [-0.05, 0) is 55.8 Å². The van der Waals surface area contributed by atoms with Crippen molar-refractivity contribution in [2.45, 2.75) is 25.8 Å². The quantitative estimate of drug-likeness (QED) is 0.509. The number of ketones is 2. The Labute approximate surface area is 182 Å². The fourth-order valence-corrected chi connectivity index (χ4v) is 4.49. The van der Waals surface area contributed by atoms with E-state index in [0.29, 0.717) is 16.9 Å². The number of benzene rings is 3. The summed E-state index contributed by atoms with van der Waals surface area (Å²) in [5, 5.41) is 0. The molecule has 156 valence electrons. The molecule has 4 nitrogen and oxygen atoms in total. The van der Waals surface area contributed by atoms with E-state index in [1.54, 1.807) is 38.3 Å². The van der Waals surface area contributed by atoms with Gasteiger partial charge >= 0.3 is 0 Å². The number of nitrogens with zero attached hydrogens (tertiary/aromatic N) is 1. The number of hydrogen-bond acceptors (Lipinski definition) is 4. The van der Waals surface area contributed by atoms with Gasteiger partial charge in [0.25, 0.3) is 0 Å². The summed E-state index contributed by atoms with van der Waals surface area (Å²) >= 11 is 0. The predicted octanol–water partition coefficient (Wildman–Crippen LogP) is 5.41. The third kappa shape index (κ3) is 3.77. The molecular weight excluding hydrogens is 386 g/mol. The van der Waals surface area contributed by atoms with Crippen molar-refractivity contribution in [3.63, 3.8) is 0 Å². The van der Waals surface area contributed by atoms with E-state index in [0.717, 1.165) is 16.9 Å². The minimum atomic E-state index is -0.558. The average molecular weight is 412 g/mol. The molecule has 3 aromatic rings. The lowest BCUT2D eigenvalue weighted by molar-refractivity contribution is -0.113. The second-order valence-corrected chi connectivity index (χ2v) is 7.69. The molecule has 4 heteroatoms. The zero-order chi connectivity index (χ0) is 22.0. The first-order chi connectivity index (χ1) is 15.0. The van der Waals surface area contributed by atoms with E-state index in [1.165, 1.54) is 0 Å². The maximum absolute atomic E-state index is 13.9. The van der Waals surface area contributed by atoms with Crippen LogP contribution in [0.25, 0.3) is 0 Å². The Morgan fingerprint density at radius 3 is 1.97 bits per heavy atom. The van der Waals surface area contributed by atoms with Crippen LogP contribution in [0.1, 0.15) is 35.7 Å². The van der Waals surface area contributed by atoms with Gasteiger partial charge in [-0.25, -0.2) is 0 Å². The van der Waals surface area contributed by atoms with Crippen LogP contribution in [0.3, 0.4) is 0 Å². The Hall–Kier alpha value is -3.66. The minimum Gasteiger partial charge on any atom is -0.497 e. The molecule has 4 rings (SSSR count). The third-order valence-corrected chi connectivity index (χ3v) is 5.87. The molecule has 0 aromatic heterocycles. The summed E-state index contributed by atoms with van der Waals surface area (Å²) < 4.78 is 5.25. The zero-order valence-electron chi connectivity index (χ0n) is 17.9. The summed E-state index contributed by atoms with van der Waals surface area (Å²) in [5.74, 6) is 0.294. The number of ether oxygens (including phenoxy) is 1. The summed E-state index contributed by atoms with van der Waals surface area (Å²) in [5.41, 5.74) is 3.94. The summed E-state index contributed by atoms with van der Waals surface area (Å²) in [6, 6.07) is 26.2. The van der Waals surface area contributed by atoms with Crippen molar-refractivity contribution >= 4 is 17.3 Å². The maximum Gasteiger partial charge on any atom is 0.186 e. The second-order valence-electron chi connectivity index (χ2n) is 7.69. The highest BCUT2D eigenvalue weighted by Crippen LogP contribution is 2.45. The highest BCUT2D eigenvalue weighted by Gasteiger charge is 2.46. The van der Waals surface area contributed by atoms with Gasteiger partial charge in [-0.2, -0.15) is 0 Å². The van der Waals surface area contributed by atoms with Crippen molar-refractivity contribution in [2.24, 2.45) is 0 Å². The van der Waals surface area contributed by atoms with Gasteiger partial charge in [0, 0.05) is 28.4 Å². The summed E-state index contributed by atoms with van der Waals surface area (Å²) in [6.07, 6.45) is 0. The number of hydrogen-bond donors (Lipinski definition) is 0. The molecule has 1 aliphatic heterocycles. The predicted molar refractivity (Wildman–Crippen MR) is 123 cm³/mol. The number of allylic oxidation sites excluding steroid dienone is 1. The molecule has 0 spiro atoms. The summed E-state index contributed by atoms with van der Waals surface area (Å²) in [4.78, 5) is 28.7. The largest absolute Gasteiger partial charge is 0.497 e. The molecule has 0 fully saturated rings. The summed E-state index contributed by atoms with van der Waals surface area (Å²) in [6.45, 7) is 3.51. The van der Waals surface area contributed by atoms with E-state index in [1.807, 2.05) is 72.5 Å². The monoisotopic (exact) mass is 411 g/mol. The van der Waals surface area contributed by atoms with Crippen LogP contribution in [0.15, 0.2) is 96.2 Å². The van der Waals surface area contributed by atoms with Crippen LogP contribution in [0.2, 0.25) is 0 Å². The normalized spacial score (nSPS) is 18.2. The Bertz CT molecular complexity index is 1120. The van der Waals surface area contributed by atoms with Crippen LogP contribution in [0, 0.1) is 0 Å². The molecule has 0 saturated heterocycles. The van der Waals surface area contributed by atoms with Crippen LogP contribution in [0.4, 0.5) is 5.69 Å². The van der Waals surface area contributed by atoms with Crippen LogP contribution in [-0.2, 0) is 4.79 Å². The molecule has 1 heterocycles. The van der Waals surface area contributed by atoms with Crippen molar-refractivity contribution in [2.75, 3.05) is 12.0 Å². The standard InChI is InChI=1S/C27H25NO3/c1-18-24(19(2)29)25(20-10-6-4-7-11-20)26(28(18)22-12-8-5-9-13-22)27(30)21-14-16-23(31-3)17-15-21/h4-17,25-26H,1-3H3. The number of carbonyl (C=O) groups excluding carboxylic acids is 2. The van der Waals surface area contributed by atoms with Crippen LogP contribution < -0.4 is 9.64 Å². The number of carbonyl (C=O) groups is 2. The van der Waals surface area contributed by atoms with Crippen molar-refractivity contribution in [3.8, 4) is 5.75 Å². The van der Waals surface area contributed by atoms with Gasteiger partial charge in [-0.15, -0.1) is 0 Å². The fraction of sp³-hybridized carbons (Fsp3) is 0.185. The highest BCUT2D eigenvalue weighted by molar-refractivity contribution is 6.08. The van der Waals surface area contributed by atoms with Gasteiger partial charge in [0.05, 0.1) is 7.11 Å². The van der Waals surface area contributed by atoms with Crippen LogP contribution in [0.5, 0.6) is 5.75 Å². The number of rotatable bonds is 6. The number of anilines is 1. The van der Waals surface area contributed by atoms with E-state index in [4.69, 9.17) is 4.74 Å². The molecule has 0 amide bonds. The lowest BCUT2D eigenvalue weighted by atomic mass is 9.82. The zero-order valence-corrected chi connectivity index (χ0v) is 17.9. The molecule has 0 aliphatic carbocycles. The fourth-order valence-electron chi connectivity index (χ4n) is 4.49. The Morgan fingerprint density at radius 1 is 0.839 bits per heavy atom. The van der Waals surface area contributed by atoms with Crippen LogP contribution in [-0.4, -0.2) is 24.7 Å². The van der Waals surface area contributed by atoms with Crippen LogP contribution >= 0.6 is 0 Å². The van der Waals surface area contributed by atoms with Gasteiger partial charge in [0.2, 0.25) is 0 Å². The third-order valence-electron chi connectivity index (χ3n) is 5.87. The number of para-hydroxylation sites is 1. The van der Waals surface area contributed by atoms with Gasteiger partial charge in [0.1, 0.15) is 11.8 Å². The smallest absolute Gasteiger partial charge is 0.186 e. The molecule has 0 saturated carbocycles. The van der Waals surface area contributed by atoms with E-state index in [2.05, 4.69) is 0 Å². The highest BCUT2D eigenvalue weighted by atomic mass is 16.5.